The molecule has 0 spiro atoms. The SMILES string of the molecule is C1=CCCC(c2ccc(C3=c4\ccccc4=C(c4cc5c6ccccc6oc5c5cc6oc7ccccc7c6cc45)C=CCC\C=C\3)c3ccccc23)=C1. The third-order valence-electron chi connectivity index (χ3n) is 11.4. The van der Waals surface area contributed by atoms with E-state index in [0.29, 0.717) is 0 Å². The predicted octanol–water partition coefficient (Wildman–Crippen LogP) is 12.8. The summed E-state index contributed by atoms with van der Waals surface area (Å²) >= 11 is 0. The van der Waals surface area contributed by atoms with Crippen LogP contribution >= 0.6 is 0 Å². The van der Waals surface area contributed by atoms with Crippen molar-refractivity contribution in [2.24, 2.45) is 0 Å². The summed E-state index contributed by atoms with van der Waals surface area (Å²) < 4.78 is 13.1. The normalized spacial score (nSPS) is 16.5. The van der Waals surface area contributed by atoms with Crippen LogP contribution in [0.3, 0.4) is 0 Å². The summed E-state index contributed by atoms with van der Waals surface area (Å²) in [6.45, 7) is 0. The van der Waals surface area contributed by atoms with Gasteiger partial charge in [-0.1, -0.05) is 140 Å². The molecule has 0 atom stereocenters. The van der Waals surface area contributed by atoms with Crippen LogP contribution in [0.2, 0.25) is 0 Å². The third-order valence-corrected chi connectivity index (χ3v) is 11.4. The first-order chi connectivity index (χ1) is 26.8. The first kappa shape index (κ1) is 30.9. The van der Waals surface area contributed by atoms with Crippen molar-refractivity contribution >= 4 is 82.1 Å². The standard InChI is InChI=1S/C52H36O2/c1-2-7-19-40(38-23-11-10-22-37(38)39(18-6-1)41-29-28-34(33-16-4-3-5-17-33)35-20-8-9-21-36(35)41)44-31-47-43-25-13-15-27-50(43)54-52(47)48-32-51-46(30-45(44)48)42-24-12-14-26-49(42)53-51/h3-4,6-16,18-32H,1-2,5,17H2/b18-6+,19-7?,39-37+,40-38?. The topological polar surface area (TPSA) is 26.3 Å². The fraction of sp³-hybridized carbons (Fsp3) is 0.0769. The van der Waals surface area contributed by atoms with Gasteiger partial charge in [-0.3, -0.25) is 0 Å². The van der Waals surface area contributed by atoms with Crippen molar-refractivity contribution in [2.45, 2.75) is 25.7 Å². The molecule has 9 aromatic rings. The molecule has 0 saturated heterocycles. The Labute approximate surface area is 312 Å². The molecule has 2 nitrogen and oxygen atoms in total. The number of para-hydroxylation sites is 2. The van der Waals surface area contributed by atoms with Gasteiger partial charge in [-0.05, 0) is 116 Å². The largest absolute Gasteiger partial charge is 0.456 e. The number of hydrogen-bond donors (Lipinski definition) is 0. The van der Waals surface area contributed by atoms with Gasteiger partial charge in [-0.15, -0.1) is 0 Å². The molecule has 54 heavy (non-hydrogen) atoms. The second-order valence-corrected chi connectivity index (χ2v) is 14.5. The van der Waals surface area contributed by atoms with E-state index in [1.165, 1.54) is 54.6 Å². The number of hydrogen-bond acceptors (Lipinski definition) is 2. The van der Waals surface area contributed by atoms with Gasteiger partial charge in [0, 0.05) is 26.9 Å². The number of rotatable bonds is 3. The van der Waals surface area contributed by atoms with E-state index in [9.17, 15) is 0 Å². The molecular formula is C52H36O2. The molecule has 2 aliphatic rings. The minimum atomic E-state index is 0.866. The molecule has 2 aliphatic carbocycles. The highest BCUT2D eigenvalue weighted by Crippen LogP contribution is 2.42. The van der Waals surface area contributed by atoms with Crippen LogP contribution in [-0.4, -0.2) is 0 Å². The van der Waals surface area contributed by atoms with Crippen molar-refractivity contribution in [1.29, 1.82) is 0 Å². The van der Waals surface area contributed by atoms with Crippen LogP contribution in [0.5, 0.6) is 0 Å². The van der Waals surface area contributed by atoms with E-state index < -0.39 is 0 Å². The van der Waals surface area contributed by atoms with Crippen molar-refractivity contribution in [1.82, 2.24) is 0 Å². The van der Waals surface area contributed by atoms with E-state index in [2.05, 4.69) is 158 Å². The van der Waals surface area contributed by atoms with Gasteiger partial charge in [0.1, 0.15) is 22.3 Å². The molecule has 0 amide bonds. The third kappa shape index (κ3) is 4.87. The Morgan fingerprint density at radius 2 is 0.981 bits per heavy atom. The van der Waals surface area contributed by atoms with Gasteiger partial charge in [0.15, 0.2) is 0 Å². The van der Waals surface area contributed by atoms with Gasteiger partial charge in [0.25, 0.3) is 0 Å². The fourth-order valence-corrected chi connectivity index (χ4v) is 8.87. The molecule has 256 valence electrons. The summed E-state index contributed by atoms with van der Waals surface area (Å²) in [7, 11) is 0. The molecule has 7 aromatic carbocycles. The smallest absolute Gasteiger partial charge is 0.143 e. The zero-order valence-corrected chi connectivity index (χ0v) is 29.8. The van der Waals surface area contributed by atoms with Crippen LogP contribution in [0.4, 0.5) is 0 Å². The Bertz CT molecular complexity index is 3260. The molecule has 0 unspecified atom stereocenters. The van der Waals surface area contributed by atoms with Crippen LogP contribution in [0, 0.1) is 0 Å². The fourth-order valence-electron chi connectivity index (χ4n) is 8.87. The average Bonchev–Trinajstić information content (AvgIpc) is 3.79. The first-order valence-corrected chi connectivity index (χ1v) is 19.0. The summed E-state index contributed by atoms with van der Waals surface area (Å²) in [5.41, 5.74) is 11.1. The van der Waals surface area contributed by atoms with E-state index in [1.54, 1.807) is 0 Å². The molecular weight excluding hydrogens is 657 g/mol. The summed E-state index contributed by atoms with van der Waals surface area (Å²) in [5.74, 6) is 0. The van der Waals surface area contributed by atoms with E-state index in [4.69, 9.17) is 8.83 Å². The average molecular weight is 693 g/mol. The number of furan rings is 2. The van der Waals surface area contributed by atoms with Crippen molar-refractivity contribution in [3.05, 3.63) is 197 Å². The predicted molar refractivity (Wildman–Crippen MR) is 227 cm³/mol. The Balaban J connectivity index is 1.29. The lowest BCUT2D eigenvalue weighted by Crippen LogP contribution is -2.29. The zero-order valence-electron chi connectivity index (χ0n) is 29.8. The molecule has 0 bridgehead atoms. The molecule has 0 aliphatic heterocycles. The Morgan fingerprint density at radius 3 is 1.70 bits per heavy atom. The molecule has 0 saturated carbocycles. The maximum Gasteiger partial charge on any atom is 0.143 e. The van der Waals surface area contributed by atoms with E-state index in [-0.39, 0.29) is 0 Å². The van der Waals surface area contributed by atoms with Crippen molar-refractivity contribution in [2.75, 3.05) is 0 Å². The van der Waals surface area contributed by atoms with Gasteiger partial charge in [0.2, 0.25) is 0 Å². The van der Waals surface area contributed by atoms with Crippen LogP contribution in [0.25, 0.3) is 82.1 Å². The number of allylic oxidation sites excluding steroid dienone is 8. The maximum atomic E-state index is 6.66. The lowest BCUT2D eigenvalue weighted by molar-refractivity contribution is 0.667. The molecule has 0 N–H and O–H groups in total. The van der Waals surface area contributed by atoms with Crippen LogP contribution < -0.4 is 10.4 Å². The highest BCUT2D eigenvalue weighted by atomic mass is 16.3. The monoisotopic (exact) mass is 692 g/mol. The van der Waals surface area contributed by atoms with Crippen molar-refractivity contribution in [3.63, 3.8) is 0 Å². The van der Waals surface area contributed by atoms with Gasteiger partial charge >= 0.3 is 0 Å². The highest BCUT2D eigenvalue weighted by molar-refractivity contribution is 6.22. The van der Waals surface area contributed by atoms with Crippen molar-refractivity contribution < 1.29 is 8.83 Å². The lowest BCUT2D eigenvalue weighted by Gasteiger charge is -2.17. The molecule has 2 heterocycles. The van der Waals surface area contributed by atoms with Crippen molar-refractivity contribution in [3.8, 4) is 0 Å². The van der Waals surface area contributed by atoms with Gasteiger partial charge in [-0.25, -0.2) is 0 Å². The van der Waals surface area contributed by atoms with Gasteiger partial charge < -0.3 is 8.83 Å². The van der Waals surface area contributed by atoms with Gasteiger partial charge in [0.05, 0.1) is 0 Å². The Hall–Kier alpha value is -6.64. The second-order valence-electron chi connectivity index (χ2n) is 14.5. The highest BCUT2D eigenvalue weighted by Gasteiger charge is 2.20. The summed E-state index contributed by atoms with van der Waals surface area (Å²) in [5, 5.41) is 11.6. The second kappa shape index (κ2) is 12.5. The Kier molecular flexibility index (Phi) is 7.16. The zero-order chi connectivity index (χ0) is 35.6. The summed E-state index contributed by atoms with van der Waals surface area (Å²) in [6.07, 6.45) is 20.2. The minimum absolute atomic E-state index is 0.866. The van der Waals surface area contributed by atoms with E-state index >= 15 is 0 Å². The summed E-state index contributed by atoms with van der Waals surface area (Å²) in [4.78, 5) is 0. The van der Waals surface area contributed by atoms with Crippen LogP contribution in [-0.2, 0) is 0 Å². The maximum absolute atomic E-state index is 6.66. The summed E-state index contributed by atoms with van der Waals surface area (Å²) in [6, 6.07) is 46.2. The Morgan fingerprint density at radius 1 is 0.389 bits per heavy atom. The quantitative estimate of drug-likeness (QED) is 0.184. The van der Waals surface area contributed by atoms with Crippen LogP contribution in [0.15, 0.2) is 179 Å². The minimum Gasteiger partial charge on any atom is -0.456 e. The van der Waals surface area contributed by atoms with Gasteiger partial charge in [-0.2, -0.15) is 0 Å². The molecule has 2 aromatic heterocycles. The van der Waals surface area contributed by atoms with Crippen LogP contribution in [0.1, 0.15) is 42.4 Å². The lowest BCUT2D eigenvalue weighted by atomic mass is 9.87. The molecule has 2 heteroatoms. The van der Waals surface area contributed by atoms with E-state index in [1.807, 2.05) is 12.1 Å². The molecule has 0 fully saturated rings. The van der Waals surface area contributed by atoms with E-state index in [0.717, 1.165) is 80.3 Å². The number of fused-ring (bicyclic) bond motifs is 10. The number of benzene rings is 7. The molecule has 0 radical (unpaired) electrons. The molecule has 11 rings (SSSR count). The first-order valence-electron chi connectivity index (χ1n) is 19.0.